The van der Waals surface area contributed by atoms with Crippen molar-refractivity contribution in [1.29, 1.82) is 0 Å². The van der Waals surface area contributed by atoms with E-state index in [1.54, 1.807) is 0 Å². The molecule has 2 aliphatic rings. The lowest BCUT2D eigenvalue weighted by atomic mass is 9.95. The van der Waals surface area contributed by atoms with Crippen LogP contribution < -0.4 is 10.6 Å². The van der Waals surface area contributed by atoms with E-state index in [-0.39, 0.29) is 11.9 Å². The lowest BCUT2D eigenvalue weighted by Gasteiger charge is -2.40. The number of hydrogen-bond donors (Lipinski definition) is 2. The summed E-state index contributed by atoms with van der Waals surface area (Å²) in [4.78, 5) is 30.4. The first-order chi connectivity index (χ1) is 15.1. The Balaban J connectivity index is 1.31. The van der Waals surface area contributed by atoms with Crippen LogP contribution >= 0.6 is 0 Å². The number of piperazine rings is 1. The first-order valence-electron chi connectivity index (χ1n) is 11.3. The molecule has 0 radical (unpaired) electrons. The van der Waals surface area contributed by atoms with Crippen LogP contribution in [0.2, 0.25) is 0 Å². The Kier molecular flexibility index (Phi) is 6.87. The summed E-state index contributed by atoms with van der Waals surface area (Å²) < 4.78 is 0. The molecule has 1 saturated carbocycles. The summed E-state index contributed by atoms with van der Waals surface area (Å²) in [5, 5.41) is 5.97. The molecule has 0 aromatic heterocycles. The summed E-state index contributed by atoms with van der Waals surface area (Å²) >= 11 is 0. The van der Waals surface area contributed by atoms with Crippen molar-refractivity contribution in [3.05, 3.63) is 71.8 Å². The Hall–Kier alpha value is -2.86. The highest BCUT2D eigenvalue weighted by Gasteiger charge is 2.45. The fraction of sp³-hybridized carbons (Fsp3) is 0.440. The summed E-state index contributed by atoms with van der Waals surface area (Å²) in [5.41, 5.74) is 1.58. The van der Waals surface area contributed by atoms with E-state index in [9.17, 15) is 9.59 Å². The summed E-state index contributed by atoms with van der Waals surface area (Å²) in [6.45, 7) is 4.50. The van der Waals surface area contributed by atoms with E-state index < -0.39 is 5.54 Å². The molecule has 1 saturated heterocycles. The number of hydrogen-bond acceptors (Lipinski definition) is 3. The highest BCUT2D eigenvalue weighted by molar-refractivity contribution is 5.91. The van der Waals surface area contributed by atoms with Crippen molar-refractivity contribution in [1.82, 2.24) is 20.4 Å². The van der Waals surface area contributed by atoms with Gasteiger partial charge in [-0.1, -0.05) is 73.5 Å². The van der Waals surface area contributed by atoms with Crippen molar-refractivity contribution >= 4 is 11.9 Å². The van der Waals surface area contributed by atoms with E-state index in [1.165, 1.54) is 5.56 Å². The molecule has 164 valence electrons. The molecule has 6 nitrogen and oxygen atoms in total. The Morgan fingerprint density at radius 3 is 2.00 bits per heavy atom. The predicted molar refractivity (Wildman–Crippen MR) is 121 cm³/mol. The van der Waals surface area contributed by atoms with Crippen molar-refractivity contribution in [3.63, 3.8) is 0 Å². The monoisotopic (exact) mass is 420 g/mol. The maximum Gasteiger partial charge on any atom is 0.315 e. The summed E-state index contributed by atoms with van der Waals surface area (Å²) in [5.74, 6) is 0.0826. The number of carbonyl (C=O) groups is 2. The van der Waals surface area contributed by atoms with E-state index in [2.05, 4.69) is 39.8 Å². The number of amides is 3. The molecule has 4 rings (SSSR count). The van der Waals surface area contributed by atoms with E-state index in [0.717, 1.165) is 50.9 Å². The van der Waals surface area contributed by atoms with Gasteiger partial charge in [0.25, 0.3) is 0 Å². The van der Waals surface area contributed by atoms with E-state index in [4.69, 9.17) is 0 Å². The predicted octanol–water partition coefficient (Wildman–Crippen LogP) is 3.14. The third kappa shape index (κ3) is 5.44. The third-order valence-corrected chi connectivity index (χ3v) is 6.42. The number of rotatable bonds is 6. The number of nitrogens with one attached hydrogen (secondary N) is 2. The second-order valence-corrected chi connectivity index (χ2v) is 8.64. The molecule has 0 atom stereocenters. The maximum absolute atomic E-state index is 13.5. The number of urea groups is 1. The quantitative estimate of drug-likeness (QED) is 0.755. The van der Waals surface area contributed by atoms with Crippen LogP contribution in [0.4, 0.5) is 4.79 Å². The minimum absolute atomic E-state index is 0.0826. The fourth-order valence-corrected chi connectivity index (χ4v) is 4.66. The molecule has 2 N–H and O–H groups in total. The van der Waals surface area contributed by atoms with Gasteiger partial charge in [0.15, 0.2) is 0 Å². The molecule has 0 bridgehead atoms. The van der Waals surface area contributed by atoms with Crippen LogP contribution in [0, 0.1) is 0 Å². The normalized spacial score (nSPS) is 18.5. The lowest BCUT2D eigenvalue weighted by Crippen LogP contribution is -2.62. The molecular formula is C25H32N4O2. The molecule has 1 aliphatic carbocycles. The Morgan fingerprint density at radius 2 is 1.39 bits per heavy atom. The molecular weight excluding hydrogens is 388 g/mol. The van der Waals surface area contributed by atoms with Crippen LogP contribution in [0.3, 0.4) is 0 Å². The Bertz CT molecular complexity index is 858. The van der Waals surface area contributed by atoms with Crippen molar-refractivity contribution < 1.29 is 9.59 Å². The first-order valence-corrected chi connectivity index (χ1v) is 11.3. The zero-order valence-corrected chi connectivity index (χ0v) is 18.1. The second kappa shape index (κ2) is 9.96. The molecule has 2 fully saturated rings. The van der Waals surface area contributed by atoms with Gasteiger partial charge in [-0.05, 0) is 24.0 Å². The highest BCUT2D eigenvalue weighted by atomic mass is 16.2. The van der Waals surface area contributed by atoms with Crippen molar-refractivity contribution in [2.45, 2.75) is 44.3 Å². The molecule has 3 amide bonds. The second-order valence-electron chi connectivity index (χ2n) is 8.64. The zero-order chi connectivity index (χ0) is 21.5. The molecule has 1 heterocycles. The van der Waals surface area contributed by atoms with Gasteiger partial charge in [-0.25, -0.2) is 4.79 Å². The summed E-state index contributed by atoms with van der Waals surface area (Å²) in [7, 11) is 0. The molecule has 2 aromatic carbocycles. The van der Waals surface area contributed by atoms with Gasteiger partial charge >= 0.3 is 6.03 Å². The molecule has 0 unspecified atom stereocenters. The van der Waals surface area contributed by atoms with Crippen molar-refractivity contribution in [2.24, 2.45) is 0 Å². The number of benzene rings is 2. The molecule has 31 heavy (non-hydrogen) atoms. The van der Waals surface area contributed by atoms with Crippen LogP contribution in [0.1, 0.15) is 36.8 Å². The van der Waals surface area contributed by atoms with E-state index >= 15 is 0 Å². The number of carbonyl (C=O) groups excluding carboxylic acids is 2. The molecule has 2 aromatic rings. The largest absolute Gasteiger partial charge is 0.338 e. The van der Waals surface area contributed by atoms with Crippen LogP contribution in [0.5, 0.6) is 0 Å². The summed E-state index contributed by atoms with van der Waals surface area (Å²) in [6, 6.07) is 20.0. The maximum atomic E-state index is 13.5. The smallest absolute Gasteiger partial charge is 0.315 e. The van der Waals surface area contributed by atoms with Gasteiger partial charge in [0.2, 0.25) is 5.91 Å². The molecule has 1 aliphatic heterocycles. The molecule has 0 spiro atoms. The minimum Gasteiger partial charge on any atom is -0.338 e. The van der Waals surface area contributed by atoms with Gasteiger partial charge < -0.3 is 15.5 Å². The van der Waals surface area contributed by atoms with Crippen molar-refractivity contribution in [3.8, 4) is 0 Å². The molecule has 6 heteroatoms. The van der Waals surface area contributed by atoms with Gasteiger partial charge in [-0.2, -0.15) is 0 Å². The number of nitrogens with zero attached hydrogens (tertiary/aromatic N) is 2. The van der Waals surface area contributed by atoms with E-state index in [1.807, 2.05) is 41.3 Å². The standard InChI is InChI=1S/C25H32N4O2/c30-23(29-17-15-28(16-18-29)20-22-11-5-2-6-12-22)25(13-7-8-14-25)27-24(31)26-19-21-9-3-1-4-10-21/h1-6,9-12H,7-8,13-20H2,(H2,26,27,31). The topological polar surface area (TPSA) is 64.7 Å². The SMILES string of the molecule is O=C(NCc1ccccc1)NC1(C(=O)N2CCN(Cc3ccccc3)CC2)CCCC1. The Labute approximate surface area is 184 Å². The van der Waals surface area contributed by atoms with Gasteiger partial charge in [0.05, 0.1) is 0 Å². The minimum atomic E-state index is -0.762. The van der Waals surface area contributed by atoms with Crippen LogP contribution in [-0.4, -0.2) is 53.5 Å². The highest BCUT2D eigenvalue weighted by Crippen LogP contribution is 2.32. The van der Waals surface area contributed by atoms with Gasteiger partial charge in [0, 0.05) is 39.3 Å². The van der Waals surface area contributed by atoms with Gasteiger partial charge in [0.1, 0.15) is 5.54 Å². The Morgan fingerprint density at radius 1 is 0.806 bits per heavy atom. The van der Waals surface area contributed by atoms with Crippen LogP contribution in [0.15, 0.2) is 60.7 Å². The van der Waals surface area contributed by atoms with Crippen LogP contribution in [-0.2, 0) is 17.9 Å². The fourth-order valence-electron chi connectivity index (χ4n) is 4.66. The van der Waals surface area contributed by atoms with E-state index in [0.29, 0.717) is 19.6 Å². The van der Waals surface area contributed by atoms with Gasteiger partial charge in [-0.15, -0.1) is 0 Å². The van der Waals surface area contributed by atoms with Gasteiger partial charge in [-0.3, -0.25) is 9.69 Å². The van der Waals surface area contributed by atoms with Crippen LogP contribution in [0.25, 0.3) is 0 Å². The average Bonchev–Trinajstić information content (AvgIpc) is 3.29. The summed E-state index contributed by atoms with van der Waals surface area (Å²) in [6.07, 6.45) is 3.38. The lowest BCUT2D eigenvalue weighted by molar-refractivity contribution is -0.139. The average molecular weight is 421 g/mol. The first kappa shape index (κ1) is 21.4. The third-order valence-electron chi connectivity index (χ3n) is 6.42. The van der Waals surface area contributed by atoms with Crippen molar-refractivity contribution in [2.75, 3.05) is 26.2 Å². The zero-order valence-electron chi connectivity index (χ0n) is 18.1.